The molecule has 40 heavy (non-hydrogen) atoms. The Morgan fingerprint density at radius 2 is 1.68 bits per heavy atom. The minimum atomic E-state index is -0.966. The Kier molecular flexibility index (Phi) is 8.87. The molecular weight excluding hydrogens is 528 g/mol. The first kappa shape index (κ1) is 27.5. The molecule has 1 aliphatic rings. The highest BCUT2D eigenvalue weighted by Crippen LogP contribution is 2.40. The van der Waals surface area contributed by atoms with Crippen LogP contribution in [0.3, 0.4) is 0 Å². The normalized spacial score (nSPS) is 18.7. The predicted octanol–water partition coefficient (Wildman–Crippen LogP) is 5.86. The van der Waals surface area contributed by atoms with Gasteiger partial charge >= 0.3 is 5.97 Å². The molecule has 3 atom stereocenters. The van der Waals surface area contributed by atoms with Crippen molar-refractivity contribution in [3.05, 3.63) is 125 Å². The third-order valence-electron chi connectivity index (χ3n) is 6.52. The number of carbonyl (C=O) groups is 2. The number of aromatic carboxylic acids is 1. The second kappa shape index (κ2) is 12.9. The van der Waals surface area contributed by atoms with Gasteiger partial charge in [0.2, 0.25) is 0 Å². The number of nitrogens with one attached hydrogen (secondary N) is 1. The van der Waals surface area contributed by atoms with Crippen molar-refractivity contribution in [2.24, 2.45) is 0 Å². The van der Waals surface area contributed by atoms with Crippen molar-refractivity contribution >= 4 is 29.3 Å². The van der Waals surface area contributed by atoms with E-state index in [1.807, 2.05) is 42.5 Å². The van der Waals surface area contributed by atoms with Crippen LogP contribution in [0.25, 0.3) is 0 Å². The van der Waals surface area contributed by atoms with Crippen molar-refractivity contribution in [2.75, 3.05) is 11.1 Å². The summed E-state index contributed by atoms with van der Waals surface area (Å²) in [5, 5.41) is 21.8. The number of anilines is 1. The lowest BCUT2D eigenvalue weighted by Gasteiger charge is -2.36. The molecule has 1 fully saturated rings. The van der Waals surface area contributed by atoms with Gasteiger partial charge in [0.1, 0.15) is 0 Å². The summed E-state index contributed by atoms with van der Waals surface area (Å²) in [7, 11) is 0. The van der Waals surface area contributed by atoms with Gasteiger partial charge in [-0.2, -0.15) is 0 Å². The van der Waals surface area contributed by atoms with Gasteiger partial charge in [-0.1, -0.05) is 48.5 Å². The van der Waals surface area contributed by atoms with Crippen molar-refractivity contribution in [3.63, 3.8) is 0 Å². The number of ether oxygens (including phenoxy) is 2. The van der Waals surface area contributed by atoms with Gasteiger partial charge in [-0.25, -0.2) is 4.79 Å². The van der Waals surface area contributed by atoms with E-state index in [1.165, 1.54) is 18.0 Å². The van der Waals surface area contributed by atoms with E-state index in [-0.39, 0.29) is 30.3 Å². The van der Waals surface area contributed by atoms with E-state index >= 15 is 0 Å². The van der Waals surface area contributed by atoms with Gasteiger partial charge in [0, 0.05) is 40.7 Å². The fourth-order valence-electron chi connectivity index (χ4n) is 4.40. The maximum Gasteiger partial charge on any atom is 0.336 e. The van der Waals surface area contributed by atoms with Crippen molar-refractivity contribution in [1.82, 2.24) is 4.98 Å². The van der Waals surface area contributed by atoms with Crippen molar-refractivity contribution in [1.29, 1.82) is 0 Å². The van der Waals surface area contributed by atoms with Gasteiger partial charge in [-0.3, -0.25) is 9.78 Å². The lowest BCUT2D eigenvalue weighted by atomic mass is 10.0. The molecule has 8 nitrogen and oxygen atoms in total. The Morgan fingerprint density at radius 3 is 2.38 bits per heavy atom. The van der Waals surface area contributed by atoms with Crippen molar-refractivity contribution in [3.8, 4) is 0 Å². The molecule has 0 bridgehead atoms. The number of carbonyl (C=O) groups excluding carboxylic acids is 1. The van der Waals surface area contributed by atoms with Crippen LogP contribution in [-0.4, -0.2) is 38.9 Å². The number of aliphatic hydroxyl groups is 1. The van der Waals surface area contributed by atoms with Crippen LogP contribution in [-0.2, 0) is 16.1 Å². The first-order valence-corrected chi connectivity index (χ1v) is 13.8. The Morgan fingerprint density at radius 1 is 0.925 bits per heavy atom. The minimum Gasteiger partial charge on any atom is -0.478 e. The van der Waals surface area contributed by atoms with E-state index in [2.05, 4.69) is 10.3 Å². The number of amides is 1. The molecule has 9 heteroatoms. The predicted molar refractivity (Wildman–Crippen MR) is 151 cm³/mol. The molecule has 5 rings (SSSR count). The Hall–Kier alpha value is -4.02. The van der Waals surface area contributed by atoms with Gasteiger partial charge in [-0.15, -0.1) is 11.8 Å². The summed E-state index contributed by atoms with van der Waals surface area (Å²) < 4.78 is 12.7. The number of rotatable bonds is 9. The van der Waals surface area contributed by atoms with Gasteiger partial charge in [0.05, 0.1) is 29.9 Å². The molecule has 0 aliphatic carbocycles. The molecule has 0 saturated carbocycles. The molecule has 1 saturated heterocycles. The number of carboxylic acids is 1. The van der Waals surface area contributed by atoms with E-state index in [4.69, 9.17) is 9.47 Å². The molecule has 3 N–H and O–H groups in total. The van der Waals surface area contributed by atoms with Crippen molar-refractivity contribution < 1.29 is 29.3 Å². The highest BCUT2D eigenvalue weighted by atomic mass is 32.2. The monoisotopic (exact) mass is 556 g/mol. The first-order valence-electron chi connectivity index (χ1n) is 12.8. The Labute approximate surface area is 236 Å². The van der Waals surface area contributed by atoms with Gasteiger partial charge in [0.15, 0.2) is 6.29 Å². The average Bonchev–Trinajstić information content (AvgIpc) is 3.01. The zero-order valence-electron chi connectivity index (χ0n) is 21.5. The number of aliphatic hydroxyl groups excluding tert-OH is 1. The summed E-state index contributed by atoms with van der Waals surface area (Å²) in [6.45, 7) is -0.0382. The molecule has 4 aromatic rings. The van der Waals surface area contributed by atoms with Crippen molar-refractivity contribution in [2.45, 2.75) is 36.4 Å². The van der Waals surface area contributed by atoms with Crippen LogP contribution in [0.1, 0.15) is 56.2 Å². The number of nitrogens with zero attached hydrogens (tertiary/aromatic N) is 1. The quantitative estimate of drug-likeness (QED) is 0.219. The number of aromatic nitrogens is 1. The largest absolute Gasteiger partial charge is 0.478 e. The van der Waals surface area contributed by atoms with Crippen LogP contribution >= 0.6 is 11.8 Å². The van der Waals surface area contributed by atoms with Crippen LogP contribution in [0.4, 0.5) is 5.69 Å². The topological polar surface area (TPSA) is 118 Å². The van der Waals surface area contributed by atoms with E-state index < -0.39 is 12.3 Å². The van der Waals surface area contributed by atoms with E-state index in [0.29, 0.717) is 28.3 Å². The molecule has 204 valence electrons. The number of thioether (sulfide) groups is 1. The molecule has 1 amide bonds. The zero-order chi connectivity index (χ0) is 27.9. The standard InChI is InChI=1S/C31H28N2O6S/c34-18-20-7-9-21(10-8-20)27-16-25(19-40-28-6-2-1-5-26(28)30(36)37)38-31(39-27)22-11-13-24(14-12-22)33-29(35)23-4-3-15-32-17-23/h1-15,17,25,27,31,34H,16,18-19H2,(H,33,35)(H,36,37). The summed E-state index contributed by atoms with van der Waals surface area (Å²) in [6, 6.07) is 25.3. The Balaban J connectivity index is 1.33. The molecule has 1 aromatic heterocycles. The number of hydrogen-bond acceptors (Lipinski definition) is 7. The van der Waals surface area contributed by atoms with E-state index in [0.717, 1.165) is 16.7 Å². The molecule has 2 heterocycles. The lowest BCUT2D eigenvalue weighted by Crippen LogP contribution is -2.31. The van der Waals surface area contributed by atoms with Crippen LogP contribution in [0, 0.1) is 0 Å². The summed E-state index contributed by atoms with van der Waals surface area (Å²) in [6.07, 6.45) is 2.54. The first-order chi connectivity index (χ1) is 19.5. The Bertz CT molecular complexity index is 1450. The maximum atomic E-state index is 12.5. The summed E-state index contributed by atoms with van der Waals surface area (Å²) >= 11 is 1.44. The third-order valence-corrected chi connectivity index (χ3v) is 7.73. The fourth-order valence-corrected chi connectivity index (χ4v) is 5.46. The second-order valence-corrected chi connectivity index (χ2v) is 10.3. The SMILES string of the molecule is O=C(Nc1ccc(C2OC(CSc3ccccc3C(=O)O)CC(c3ccc(CO)cc3)O2)cc1)c1cccnc1. The third kappa shape index (κ3) is 6.75. The number of benzene rings is 3. The lowest BCUT2D eigenvalue weighted by molar-refractivity contribution is -0.245. The summed E-state index contributed by atoms with van der Waals surface area (Å²) in [5.41, 5.74) is 3.92. The highest BCUT2D eigenvalue weighted by molar-refractivity contribution is 7.99. The number of hydrogen-bond donors (Lipinski definition) is 3. The maximum absolute atomic E-state index is 12.5. The number of pyridine rings is 1. The van der Waals surface area contributed by atoms with Crippen LogP contribution < -0.4 is 5.32 Å². The van der Waals surface area contributed by atoms with Crippen LogP contribution in [0.5, 0.6) is 0 Å². The summed E-state index contributed by atoms with van der Waals surface area (Å²) in [4.78, 5) is 28.8. The molecule has 0 spiro atoms. The smallest absolute Gasteiger partial charge is 0.336 e. The molecule has 1 aliphatic heterocycles. The average molecular weight is 557 g/mol. The van der Waals surface area contributed by atoms with Gasteiger partial charge < -0.3 is 25.0 Å². The highest BCUT2D eigenvalue weighted by Gasteiger charge is 2.32. The van der Waals surface area contributed by atoms with Gasteiger partial charge in [-0.05, 0) is 47.5 Å². The molecular formula is C31H28N2O6S. The van der Waals surface area contributed by atoms with Gasteiger partial charge in [0.25, 0.3) is 5.91 Å². The van der Waals surface area contributed by atoms with Crippen LogP contribution in [0.2, 0.25) is 0 Å². The number of carboxylic acid groups (broad SMARTS) is 1. The molecule has 3 aromatic carbocycles. The summed E-state index contributed by atoms with van der Waals surface area (Å²) in [5.74, 6) is -0.684. The van der Waals surface area contributed by atoms with Crippen LogP contribution in [0.15, 0.2) is 102 Å². The molecule has 3 unspecified atom stereocenters. The minimum absolute atomic E-state index is 0.0382. The second-order valence-electron chi connectivity index (χ2n) is 9.28. The van der Waals surface area contributed by atoms with E-state index in [9.17, 15) is 19.8 Å². The zero-order valence-corrected chi connectivity index (χ0v) is 22.3. The van der Waals surface area contributed by atoms with E-state index in [1.54, 1.807) is 48.7 Å². The fraction of sp³-hybridized carbons (Fsp3) is 0.194. The molecule has 0 radical (unpaired) electrons.